The molecule has 0 bridgehead atoms. The molecule has 0 radical (unpaired) electrons. The first-order valence-corrected chi connectivity index (χ1v) is 9.75. The van der Waals surface area contributed by atoms with Crippen molar-refractivity contribution in [2.24, 2.45) is 0 Å². The van der Waals surface area contributed by atoms with Crippen LogP contribution >= 0.6 is 11.8 Å². The number of aromatic nitrogens is 4. The van der Waals surface area contributed by atoms with E-state index in [4.69, 9.17) is 13.7 Å². The molecular weight excluding hydrogens is 395 g/mol. The maximum atomic E-state index is 13.0. The van der Waals surface area contributed by atoms with E-state index in [0.29, 0.717) is 40.5 Å². The Morgan fingerprint density at radius 3 is 2.79 bits per heavy atom. The monoisotopic (exact) mass is 412 g/mol. The van der Waals surface area contributed by atoms with Crippen LogP contribution in [0.2, 0.25) is 0 Å². The Hall–Kier alpha value is -3.33. The minimum Gasteiger partial charge on any atom is -0.486 e. The van der Waals surface area contributed by atoms with Crippen LogP contribution in [-0.4, -0.2) is 19.9 Å². The first kappa shape index (κ1) is 19.0. The van der Waals surface area contributed by atoms with Gasteiger partial charge in [-0.1, -0.05) is 23.0 Å². The molecule has 0 saturated carbocycles. The highest BCUT2D eigenvalue weighted by Crippen LogP contribution is 2.26. The van der Waals surface area contributed by atoms with Gasteiger partial charge in [0, 0.05) is 18.4 Å². The fourth-order valence-electron chi connectivity index (χ4n) is 2.58. The van der Waals surface area contributed by atoms with Crippen molar-refractivity contribution in [2.75, 3.05) is 0 Å². The van der Waals surface area contributed by atoms with E-state index in [1.54, 1.807) is 30.5 Å². The van der Waals surface area contributed by atoms with E-state index in [1.165, 1.54) is 23.9 Å². The zero-order valence-electron chi connectivity index (χ0n) is 15.3. The van der Waals surface area contributed by atoms with Crippen LogP contribution in [0.3, 0.4) is 0 Å². The summed E-state index contributed by atoms with van der Waals surface area (Å²) < 4.78 is 31.2. The average Bonchev–Trinajstić information content (AvgIpc) is 3.48. The highest BCUT2D eigenvalue weighted by atomic mass is 32.2. The molecule has 4 rings (SSSR count). The third-order valence-corrected chi connectivity index (χ3v) is 4.96. The first-order valence-electron chi connectivity index (χ1n) is 8.76. The van der Waals surface area contributed by atoms with E-state index in [2.05, 4.69) is 21.9 Å². The molecule has 0 N–H and O–H groups in total. The average molecular weight is 412 g/mol. The summed E-state index contributed by atoms with van der Waals surface area (Å²) in [6.45, 7) is 4.53. The fraction of sp³-hybridized carbons (Fsp3) is 0.150. The quantitative estimate of drug-likeness (QED) is 0.291. The first-order chi connectivity index (χ1) is 14.2. The standard InChI is InChI=1S/C20H17FN4O3S/c1-2-9-25-19(12-27-16-7-5-14(21)6-8-16)22-23-20(25)29-13-15-11-18(28-24-15)17-4-3-10-26-17/h2-8,10-11H,1,9,12-13H2. The Morgan fingerprint density at radius 1 is 1.17 bits per heavy atom. The number of nitrogens with zero attached hydrogens (tertiary/aromatic N) is 4. The molecule has 3 aromatic heterocycles. The van der Waals surface area contributed by atoms with E-state index < -0.39 is 0 Å². The normalized spacial score (nSPS) is 10.9. The lowest BCUT2D eigenvalue weighted by Gasteiger charge is -2.08. The van der Waals surface area contributed by atoms with Gasteiger partial charge in [-0.2, -0.15) is 0 Å². The molecule has 0 unspecified atom stereocenters. The molecule has 3 heterocycles. The summed E-state index contributed by atoms with van der Waals surface area (Å²) in [4.78, 5) is 0. The third kappa shape index (κ3) is 4.57. The minimum atomic E-state index is -0.311. The number of thioether (sulfide) groups is 1. The van der Waals surface area contributed by atoms with Crippen molar-refractivity contribution in [3.8, 4) is 17.3 Å². The van der Waals surface area contributed by atoms with Crippen LogP contribution in [-0.2, 0) is 18.9 Å². The molecule has 0 fully saturated rings. The van der Waals surface area contributed by atoms with E-state index in [9.17, 15) is 4.39 Å². The molecule has 1 aromatic carbocycles. The number of allylic oxidation sites excluding steroid dienone is 1. The Balaban J connectivity index is 1.42. The highest BCUT2D eigenvalue weighted by molar-refractivity contribution is 7.98. The van der Waals surface area contributed by atoms with E-state index in [-0.39, 0.29) is 12.4 Å². The van der Waals surface area contributed by atoms with Crippen molar-refractivity contribution in [3.05, 3.63) is 78.7 Å². The second-order valence-electron chi connectivity index (χ2n) is 5.99. The lowest BCUT2D eigenvalue weighted by atomic mass is 10.3. The maximum Gasteiger partial charge on any atom is 0.202 e. The number of furan rings is 1. The molecule has 0 aliphatic heterocycles. The Labute approximate surface area is 170 Å². The molecule has 7 nitrogen and oxygen atoms in total. The van der Waals surface area contributed by atoms with Crippen molar-refractivity contribution >= 4 is 11.8 Å². The number of halogens is 1. The molecule has 0 atom stereocenters. The predicted octanol–water partition coefficient (Wildman–Crippen LogP) is 4.72. The van der Waals surface area contributed by atoms with Crippen LogP contribution in [0, 0.1) is 5.82 Å². The summed E-state index contributed by atoms with van der Waals surface area (Å²) in [6.07, 6.45) is 3.35. The van der Waals surface area contributed by atoms with Gasteiger partial charge in [0.1, 0.15) is 18.2 Å². The zero-order chi connectivity index (χ0) is 20.1. The molecule has 148 valence electrons. The maximum absolute atomic E-state index is 13.0. The smallest absolute Gasteiger partial charge is 0.202 e. The number of hydrogen-bond donors (Lipinski definition) is 0. The second-order valence-corrected chi connectivity index (χ2v) is 6.93. The van der Waals surface area contributed by atoms with Crippen LogP contribution in [0.4, 0.5) is 4.39 Å². The second kappa shape index (κ2) is 8.78. The van der Waals surface area contributed by atoms with E-state index in [0.717, 1.165) is 5.69 Å². The van der Waals surface area contributed by atoms with Gasteiger partial charge in [0.15, 0.2) is 16.7 Å². The third-order valence-electron chi connectivity index (χ3n) is 3.96. The van der Waals surface area contributed by atoms with Crippen molar-refractivity contribution in [1.82, 2.24) is 19.9 Å². The Bertz CT molecular complexity index is 1070. The number of benzene rings is 1. The molecule has 0 aliphatic rings. The molecule has 0 saturated heterocycles. The predicted molar refractivity (Wildman–Crippen MR) is 105 cm³/mol. The molecule has 0 aliphatic carbocycles. The fourth-order valence-corrected chi connectivity index (χ4v) is 3.42. The van der Waals surface area contributed by atoms with Gasteiger partial charge in [0.05, 0.1) is 12.0 Å². The van der Waals surface area contributed by atoms with Gasteiger partial charge in [0.2, 0.25) is 5.76 Å². The van der Waals surface area contributed by atoms with Crippen molar-refractivity contribution < 1.29 is 18.1 Å². The number of hydrogen-bond acceptors (Lipinski definition) is 7. The van der Waals surface area contributed by atoms with Crippen LogP contribution in [0.15, 0.2) is 75.5 Å². The summed E-state index contributed by atoms with van der Waals surface area (Å²) in [5.41, 5.74) is 0.763. The summed E-state index contributed by atoms with van der Waals surface area (Å²) >= 11 is 1.48. The molecule has 9 heteroatoms. The Morgan fingerprint density at radius 2 is 2.03 bits per heavy atom. The topological polar surface area (TPSA) is 79.1 Å². The van der Waals surface area contributed by atoms with Gasteiger partial charge < -0.3 is 13.7 Å². The minimum absolute atomic E-state index is 0.208. The van der Waals surface area contributed by atoms with Gasteiger partial charge in [-0.15, -0.1) is 16.8 Å². The summed E-state index contributed by atoms with van der Waals surface area (Å²) in [7, 11) is 0. The van der Waals surface area contributed by atoms with Gasteiger partial charge >= 0.3 is 0 Å². The van der Waals surface area contributed by atoms with Crippen LogP contribution < -0.4 is 4.74 Å². The van der Waals surface area contributed by atoms with Crippen LogP contribution in [0.25, 0.3) is 11.5 Å². The zero-order valence-corrected chi connectivity index (χ0v) is 16.1. The summed E-state index contributed by atoms with van der Waals surface area (Å²) in [5.74, 6) is 2.65. The highest BCUT2D eigenvalue weighted by Gasteiger charge is 2.15. The molecule has 0 amide bonds. The van der Waals surface area contributed by atoms with Crippen molar-refractivity contribution in [2.45, 2.75) is 24.1 Å². The van der Waals surface area contributed by atoms with Crippen molar-refractivity contribution in [1.29, 1.82) is 0 Å². The summed E-state index contributed by atoms with van der Waals surface area (Å²) in [6, 6.07) is 11.3. The number of rotatable bonds is 9. The van der Waals surface area contributed by atoms with Gasteiger partial charge in [-0.05, 0) is 36.4 Å². The largest absolute Gasteiger partial charge is 0.486 e. The summed E-state index contributed by atoms with van der Waals surface area (Å²) in [5, 5.41) is 13.2. The number of ether oxygens (including phenoxy) is 1. The SMILES string of the molecule is C=CCn1c(COc2ccc(F)cc2)nnc1SCc1cc(-c2ccco2)on1. The van der Waals surface area contributed by atoms with E-state index >= 15 is 0 Å². The van der Waals surface area contributed by atoms with E-state index in [1.807, 2.05) is 16.7 Å². The lowest BCUT2D eigenvalue weighted by molar-refractivity contribution is 0.288. The van der Waals surface area contributed by atoms with Crippen LogP contribution in [0.5, 0.6) is 5.75 Å². The lowest BCUT2D eigenvalue weighted by Crippen LogP contribution is -2.07. The van der Waals surface area contributed by atoms with Crippen molar-refractivity contribution in [3.63, 3.8) is 0 Å². The molecule has 0 spiro atoms. The molecule has 29 heavy (non-hydrogen) atoms. The molecule has 4 aromatic rings. The Kier molecular flexibility index (Phi) is 5.76. The van der Waals surface area contributed by atoms with Gasteiger partial charge in [-0.3, -0.25) is 4.57 Å². The van der Waals surface area contributed by atoms with Crippen LogP contribution in [0.1, 0.15) is 11.5 Å². The van der Waals surface area contributed by atoms with Gasteiger partial charge in [0.25, 0.3) is 0 Å². The van der Waals surface area contributed by atoms with Gasteiger partial charge in [-0.25, -0.2) is 4.39 Å². The molecular formula is C20H17FN4O3S.